The van der Waals surface area contributed by atoms with E-state index in [0.717, 1.165) is 16.7 Å². The highest BCUT2D eigenvalue weighted by molar-refractivity contribution is 5.95. The van der Waals surface area contributed by atoms with Crippen molar-refractivity contribution < 1.29 is 24.1 Å². The second-order valence-corrected chi connectivity index (χ2v) is 6.56. The minimum atomic E-state index is -0.774. The minimum absolute atomic E-state index is 0.0871. The highest BCUT2D eigenvalue weighted by Gasteiger charge is 2.55. The number of carbonyl (C=O) groups excluding carboxylic acids is 1. The lowest BCUT2D eigenvalue weighted by Gasteiger charge is -2.49. The van der Waals surface area contributed by atoms with Gasteiger partial charge in [-0.2, -0.15) is 0 Å². The van der Waals surface area contributed by atoms with Crippen molar-refractivity contribution >= 4 is 5.91 Å². The van der Waals surface area contributed by atoms with Crippen molar-refractivity contribution in [1.82, 2.24) is 4.90 Å². The number of benzene rings is 1. The van der Waals surface area contributed by atoms with Gasteiger partial charge in [-0.1, -0.05) is 12.2 Å². The molecule has 3 atom stereocenters. The van der Waals surface area contributed by atoms with Crippen LogP contribution in [0.2, 0.25) is 0 Å². The van der Waals surface area contributed by atoms with Crippen LogP contribution >= 0.6 is 0 Å². The molecular formula is C19H21NO5. The lowest BCUT2D eigenvalue weighted by molar-refractivity contribution is -0.133. The second-order valence-electron chi connectivity index (χ2n) is 6.56. The summed E-state index contributed by atoms with van der Waals surface area (Å²) in [5.74, 6) is 1.05. The molecule has 6 nitrogen and oxygen atoms in total. The average molecular weight is 343 g/mol. The predicted molar refractivity (Wildman–Crippen MR) is 90.5 cm³/mol. The standard InChI is InChI=1S/C19H21NO5/c1-23-12-5-4-11-6-18(22)20-10-15(21)13-7-16(24-2)17(25-3)8-14(13)19(11,20)9-12/h4-8,12,15,21H,9-10H2,1-3H3. The maximum Gasteiger partial charge on any atom is 0.248 e. The molecule has 1 spiro atoms. The third kappa shape index (κ3) is 2.07. The molecule has 3 aliphatic rings. The Labute approximate surface area is 146 Å². The highest BCUT2D eigenvalue weighted by Crippen LogP contribution is 2.54. The average Bonchev–Trinajstić information content (AvgIpc) is 2.92. The topological polar surface area (TPSA) is 68.2 Å². The van der Waals surface area contributed by atoms with Crippen molar-refractivity contribution in [3.63, 3.8) is 0 Å². The van der Waals surface area contributed by atoms with Gasteiger partial charge in [0.2, 0.25) is 5.91 Å². The molecule has 132 valence electrons. The van der Waals surface area contributed by atoms with Gasteiger partial charge in [0, 0.05) is 19.6 Å². The van der Waals surface area contributed by atoms with Gasteiger partial charge in [0.05, 0.1) is 38.5 Å². The third-order valence-corrected chi connectivity index (χ3v) is 5.49. The molecule has 1 aromatic rings. The molecule has 0 aromatic heterocycles. The van der Waals surface area contributed by atoms with Gasteiger partial charge in [0.1, 0.15) is 0 Å². The van der Waals surface area contributed by atoms with Gasteiger partial charge in [-0.25, -0.2) is 0 Å². The van der Waals surface area contributed by atoms with E-state index in [1.807, 2.05) is 24.3 Å². The van der Waals surface area contributed by atoms with Crippen LogP contribution in [-0.4, -0.2) is 49.9 Å². The predicted octanol–water partition coefficient (Wildman–Crippen LogP) is 1.69. The second kappa shape index (κ2) is 5.61. The van der Waals surface area contributed by atoms with Crippen LogP contribution in [0.5, 0.6) is 11.5 Å². The van der Waals surface area contributed by atoms with E-state index < -0.39 is 11.6 Å². The number of carbonyl (C=O) groups is 1. The summed E-state index contributed by atoms with van der Waals surface area (Å²) in [7, 11) is 4.81. The lowest BCUT2D eigenvalue weighted by atomic mass is 9.70. The molecule has 6 heteroatoms. The fourth-order valence-electron chi connectivity index (χ4n) is 4.28. The Hall–Kier alpha value is -2.31. The molecule has 4 rings (SSSR count). The van der Waals surface area contributed by atoms with Gasteiger partial charge in [-0.05, 0) is 28.8 Å². The normalized spacial score (nSPS) is 29.7. The molecule has 25 heavy (non-hydrogen) atoms. The van der Waals surface area contributed by atoms with Crippen LogP contribution < -0.4 is 9.47 Å². The SMILES string of the molecule is COc1cc2c(cc1OC)C13CC(OC)C=CC1=CC(=O)N3CC2O. The first kappa shape index (κ1) is 16.2. The van der Waals surface area contributed by atoms with Crippen LogP contribution in [0.15, 0.2) is 35.9 Å². The number of hydrogen-bond donors (Lipinski definition) is 1. The molecule has 1 N–H and O–H groups in total. The van der Waals surface area contributed by atoms with Crippen LogP contribution in [0.25, 0.3) is 0 Å². The van der Waals surface area contributed by atoms with Gasteiger partial charge >= 0.3 is 0 Å². The Morgan fingerprint density at radius 2 is 1.92 bits per heavy atom. The molecule has 2 aliphatic heterocycles. The van der Waals surface area contributed by atoms with E-state index in [1.165, 1.54) is 0 Å². The van der Waals surface area contributed by atoms with Crippen LogP contribution in [0, 0.1) is 0 Å². The maximum absolute atomic E-state index is 12.6. The molecule has 0 saturated carbocycles. The van der Waals surface area contributed by atoms with E-state index in [9.17, 15) is 9.90 Å². The van der Waals surface area contributed by atoms with E-state index in [2.05, 4.69) is 0 Å². The van der Waals surface area contributed by atoms with E-state index >= 15 is 0 Å². The summed E-state index contributed by atoms with van der Waals surface area (Å²) >= 11 is 0. The van der Waals surface area contributed by atoms with Crippen molar-refractivity contribution in [2.45, 2.75) is 24.2 Å². The number of aliphatic hydroxyl groups is 1. The fourth-order valence-corrected chi connectivity index (χ4v) is 4.28. The largest absolute Gasteiger partial charge is 0.493 e. The van der Waals surface area contributed by atoms with Gasteiger partial charge in [-0.15, -0.1) is 0 Å². The number of nitrogens with zero attached hydrogens (tertiary/aromatic N) is 1. The first-order valence-electron chi connectivity index (χ1n) is 8.24. The Bertz CT molecular complexity index is 799. The van der Waals surface area contributed by atoms with Crippen molar-refractivity contribution in [3.05, 3.63) is 47.1 Å². The molecular weight excluding hydrogens is 322 g/mol. The molecule has 2 heterocycles. The number of aliphatic hydroxyl groups excluding tert-OH is 1. The summed E-state index contributed by atoms with van der Waals surface area (Å²) in [5.41, 5.74) is 1.92. The number of amides is 1. The van der Waals surface area contributed by atoms with E-state index in [-0.39, 0.29) is 18.6 Å². The van der Waals surface area contributed by atoms with Gasteiger partial charge < -0.3 is 24.2 Å². The van der Waals surface area contributed by atoms with Crippen molar-refractivity contribution in [2.75, 3.05) is 27.9 Å². The van der Waals surface area contributed by atoms with E-state index in [1.54, 1.807) is 32.3 Å². The van der Waals surface area contributed by atoms with Crippen LogP contribution in [0.3, 0.4) is 0 Å². The van der Waals surface area contributed by atoms with Crippen LogP contribution in [-0.2, 0) is 15.1 Å². The zero-order chi connectivity index (χ0) is 17.8. The monoisotopic (exact) mass is 343 g/mol. The van der Waals surface area contributed by atoms with Crippen LogP contribution in [0.1, 0.15) is 23.7 Å². The minimum Gasteiger partial charge on any atom is -0.493 e. The maximum atomic E-state index is 12.6. The molecule has 1 aliphatic carbocycles. The van der Waals surface area contributed by atoms with Gasteiger partial charge in [0.25, 0.3) is 0 Å². The smallest absolute Gasteiger partial charge is 0.248 e. The summed E-state index contributed by atoms with van der Waals surface area (Å²) in [5, 5.41) is 10.7. The zero-order valence-corrected chi connectivity index (χ0v) is 14.5. The third-order valence-electron chi connectivity index (χ3n) is 5.49. The Morgan fingerprint density at radius 1 is 1.20 bits per heavy atom. The molecule has 0 radical (unpaired) electrons. The molecule has 1 aromatic carbocycles. The Kier molecular flexibility index (Phi) is 3.63. The molecule has 3 unspecified atom stereocenters. The number of ether oxygens (including phenoxy) is 3. The number of fused-ring (bicyclic) bond motifs is 1. The fraction of sp³-hybridized carbons (Fsp3) is 0.421. The highest BCUT2D eigenvalue weighted by atomic mass is 16.5. The van der Waals surface area contributed by atoms with E-state index in [4.69, 9.17) is 14.2 Å². The summed E-state index contributed by atoms with van der Waals surface area (Å²) < 4.78 is 16.4. The Morgan fingerprint density at radius 3 is 2.60 bits per heavy atom. The Balaban J connectivity index is 1.98. The summed E-state index contributed by atoms with van der Waals surface area (Å²) in [4.78, 5) is 14.4. The summed E-state index contributed by atoms with van der Waals surface area (Å²) in [6, 6.07) is 3.69. The quantitative estimate of drug-likeness (QED) is 0.905. The molecule has 0 fully saturated rings. The first-order chi connectivity index (χ1) is 12.0. The number of methoxy groups -OCH3 is 3. The van der Waals surface area contributed by atoms with Crippen LogP contribution in [0.4, 0.5) is 0 Å². The van der Waals surface area contributed by atoms with Crippen molar-refractivity contribution in [2.24, 2.45) is 0 Å². The number of rotatable bonds is 3. The van der Waals surface area contributed by atoms with E-state index in [0.29, 0.717) is 17.9 Å². The first-order valence-corrected chi connectivity index (χ1v) is 8.24. The number of hydrogen-bond acceptors (Lipinski definition) is 5. The molecule has 1 amide bonds. The van der Waals surface area contributed by atoms with Crippen molar-refractivity contribution in [1.29, 1.82) is 0 Å². The van der Waals surface area contributed by atoms with Gasteiger partial charge in [-0.3, -0.25) is 4.79 Å². The lowest BCUT2D eigenvalue weighted by Crippen LogP contribution is -2.53. The van der Waals surface area contributed by atoms with Gasteiger partial charge in [0.15, 0.2) is 11.5 Å². The summed E-state index contributed by atoms with van der Waals surface area (Å²) in [6.45, 7) is 0.242. The molecule has 0 bridgehead atoms. The van der Waals surface area contributed by atoms with Crippen molar-refractivity contribution in [3.8, 4) is 11.5 Å². The molecule has 0 saturated heterocycles. The summed E-state index contributed by atoms with van der Waals surface area (Å²) in [6.07, 6.45) is 5.30. The zero-order valence-electron chi connectivity index (χ0n) is 14.5.